The predicted molar refractivity (Wildman–Crippen MR) is 70.8 cm³/mol. The smallest absolute Gasteiger partial charge is 0.253 e. The van der Waals surface area contributed by atoms with Gasteiger partial charge >= 0.3 is 0 Å². The molecule has 0 aliphatic heterocycles. The number of rotatable bonds is 4. The van der Waals surface area contributed by atoms with Crippen LogP contribution in [0.5, 0.6) is 0 Å². The Kier molecular flexibility index (Phi) is 3.74. The van der Waals surface area contributed by atoms with Crippen LogP contribution in [0.1, 0.15) is 34.7 Å². The quantitative estimate of drug-likeness (QED) is 0.763. The first-order valence-electron chi connectivity index (χ1n) is 5.94. The van der Waals surface area contributed by atoms with Gasteiger partial charge in [0.15, 0.2) is 5.82 Å². The van der Waals surface area contributed by atoms with Gasteiger partial charge in [0.05, 0.1) is 11.6 Å². The summed E-state index contributed by atoms with van der Waals surface area (Å²) in [6.07, 6.45) is 0. The third kappa shape index (κ3) is 2.87. The molecule has 1 heterocycles. The maximum atomic E-state index is 12.2. The first-order chi connectivity index (χ1) is 9.11. The van der Waals surface area contributed by atoms with Crippen molar-refractivity contribution in [3.63, 3.8) is 0 Å². The van der Waals surface area contributed by atoms with Crippen molar-refractivity contribution in [2.45, 2.75) is 19.9 Å². The van der Waals surface area contributed by atoms with Gasteiger partial charge in [0.1, 0.15) is 0 Å². The first-order valence-corrected chi connectivity index (χ1v) is 5.94. The van der Waals surface area contributed by atoms with Crippen molar-refractivity contribution in [2.24, 2.45) is 0 Å². The number of tetrazole rings is 1. The van der Waals surface area contributed by atoms with E-state index < -0.39 is 0 Å². The standard InChI is InChI=1S/C12H16N6O/c1-7-4-5-9(10(6-7)13-3)12(19)14-8(2)11-15-17-18-16-11/h4-6,8,13H,1-3H3,(H,14,19)(H,15,16,17,18). The highest BCUT2D eigenvalue weighted by Gasteiger charge is 2.16. The number of hydrogen-bond donors (Lipinski definition) is 3. The molecule has 0 radical (unpaired) electrons. The summed E-state index contributed by atoms with van der Waals surface area (Å²) in [4.78, 5) is 12.2. The second-order valence-electron chi connectivity index (χ2n) is 4.26. The summed E-state index contributed by atoms with van der Waals surface area (Å²) in [5, 5.41) is 19.4. The van der Waals surface area contributed by atoms with Gasteiger partial charge in [0.2, 0.25) is 0 Å². The minimum atomic E-state index is -0.308. The van der Waals surface area contributed by atoms with Crippen LogP contribution in [0.15, 0.2) is 18.2 Å². The third-order valence-corrected chi connectivity index (χ3v) is 2.79. The highest BCUT2D eigenvalue weighted by atomic mass is 16.1. The summed E-state index contributed by atoms with van der Waals surface area (Å²) in [5.41, 5.74) is 2.47. The summed E-state index contributed by atoms with van der Waals surface area (Å²) in [6, 6.07) is 5.31. The molecule has 0 fully saturated rings. The number of aromatic nitrogens is 4. The molecule has 7 heteroatoms. The Labute approximate surface area is 110 Å². The Morgan fingerprint density at radius 2 is 2.21 bits per heavy atom. The zero-order valence-electron chi connectivity index (χ0n) is 11.1. The van der Waals surface area contributed by atoms with Gasteiger partial charge in [0.25, 0.3) is 5.91 Å². The topological polar surface area (TPSA) is 95.6 Å². The lowest BCUT2D eigenvalue weighted by atomic mass is 10.1. The summed E-state index contributed by atoms with van der Waals surface area (Å²) >= 11 is 0. The number of nitrogens with zero attached hydrogens (tertiary/aromatic N) is 3. The molecule has 0 saturated carbocycles. The van der Waals surface area contributed by atoms with Gasteiger partial charge in [0, 0.05) is 12.7 Å². The molecule has 1 aromatic carbocycles. The molecule has 0 spiro atoms. The van der Waals surface area contributed by atoms with Crippen LogP contribution < -0.4 is 10.6 Å². The normalized spacial score (nSPS) is 11.9. The average Bonchev–Trinajstić information content (AvgIpc) is 2.92. The van der Waals surface area contributed by atoms with Crippen molar-refractivity contribution < 1.29 is 4.79 Å². The lowest BCUT2D eigenvalue weighted by molar-refractivity contribution is 0.0939. The zero-order valence-corrected chi connectivity index (χ0v) is 11.1. The van der Waals surface area contributed by atoms with E-state index in [0.717, 1.165) is 11.3 Å². The molecule has 100 valence electrons. The van der Waals surface area contributed by atoms with Gasteiger partial charge in [-0.3, -0.25) is 4.79 Å². The number of carbonyl (C=O) groups is 1. The fourth-order valence-electron chi connectivity index (χ4n) is 1.75. The van der Waals surface area contributed by atoms with Crippen molar-refractivity contribution in [3.05, 3.63) is 35.2 Å². The molecular weight excluding hydrogens is 244 g/mol. The summed E-state index contributed by atoms with van der Waals surface area (Å²) in [6.45, 7) is 3.78. The van der Waals surface area contributed by atoms with Gasteiger partial charge < -0.3 is 10.6 Å². The third-order valence-electron chi connectivity index (χ3n) is 2.79. The fourth-order valence-corrected chi connectivity index (χ4v) is 1.75. The molecule has 1 unspecified atom stereocenters. The van der Waals surface area contributed by atoms with Crippen LogP contribution in [0.3, 0.4) is 0 Å². The van der Waals surface area contributed by atoms with Gasteiger partial charge in [-0.15, -0.1) is 10.2 Å². The Morgan fingerprint density at radius 3 is 2.84 bits per heavy atom. The molecular formula is C12H16N6O. The number of anilines is 1. The van der Waals surface area contributed by atoms with Gasteiger partial charge in [-0.1, -0.05) is 11.3 Å². The van der Waals surface area contributed by atoms with E-state index in [1.807, 2.05) is 19.1 Å². The number of H-pyrrole nitrogens is 1. The van der Waals surface area contributed by atoms with Crippen LogP contribution in [0.4, 0.5) is 5.69 Å². The molecule has 0 aliphatic carbocycles. The minimum absolute atomic E-state index is 0.179. The van der Waals surface area contributed by atoms with Crippen molar-refractivity contribution in [2.75, 3.05) is 12.4 Å². The van der Waals surface area contributed by atoms with Crippen LogP contribution in [0.2, 0.25) is 0 Å². The van der Waals surface area contributed by atoms with Crippen LogP contribution in [-0.2, 0) is 0 Å². The van der Waals surface area contributed by atoms with E-state index in [9.17, 15) is 4.79 Å². The van der Waals surface area contributed by atoms with Crippen molar-refractivity contribution in [1.29, 1.82) is 0 Å². The SMILES string of the molecule is CNc1cc(C)ccc1C(=O)NC(C)c1nn[nH]n1. The lowest BCUT2D eigenvalue weighted by Crippen LogP contribution is -2.28. The van der Waals surface area contributed by atoms with E-state index in [1.54, 1.807) is 20.0 Å². The summed E-state index contributed by atoms with van der Waals surface area (Å²) in [7, 11) is 1.79. The molecule has 3 N–H and O–H groups in total. The van der Waals surface area contributed by atoms with Crippen LogP contribution in [-0.4, -0.2) is 33.6 Å². The van der Waals surface area contributed by atoms with Gasteiger partial charge in [-0.25, -0.2) is 0 Å². The number of benzene rings is 1. The summed E-state index contributed by atoms with van der Waals surface area (Å²) in [5.74, 6) is 0.271. The molecule has 1 atom stereocenters. The van der Waals surface area contributed by atoms with Crippen LogP contribution >= 0.6 is 0 Å². The van der Waals surface area contributed by atoms with Crippen molar-refractivity contribution >= 4 is 11.6 Å². The van der Waals surface area contributed by atoms with Crippen molar-refractivity contribution in [3.8, 4) is 0 Å². The highest BCUT2D eigenvalue weighted by Crippen LogP contribution is 2.18. The van der Waals surface area contributed by atoms with Crippen LogP contribution in [0, 0.1) is 6.92 Å². The second kappa shape index (κ2) is 5.47. The number of nitrogens with one attached hydrogen (secondary N) is 3. The largest absolute Gasteiger partial charge is 0.387 e. The molecule has 19 heavy (non-hydrogen) atoms. The van der Waals surface area contributed by atoms with Gasteiger partial charge in [-0.2, -0.15) is 5.21 Å². The Balaban J connectivity index is 2.16. The molecule has 0 aliphatic rings. The van der Waals surface area contributed by atoms with E-state index in [4.69, 9.17) is 0 Å². The highest BCUT2D eigenvalue weighted by molar-refractivity contribution is 5.99. The maximum absolute atomic E-state index is 12.2. The Bertz CT molecular complexity index is 566. The maximum Gasteiger partial charge on any atom is 0.253 e. The fraction of sp³-hybridized carbons (Fsp3) is 0.333. The molecule has 2 aromatic rings. The van der Waals surface area contributed by atoms with Crippen molar-refractivity contribution in [1.82, 2.24) is 25.9 Å². The zero-order chi connectivity index (χ0) is 13.8. The number of hydrogen-bond acceptors (Lipinski definition) is 5. The van der Waals surface area contributed by atoms with Gasteiger partial charge in [-0.05, 0) is 31.5 Å². The monoisotopic (exact) mass is 260 g/mol. The average molecular weight is 260 g/mol. The van der Waals surface area contributed by atoms with Crippen LogP contribution in [0.25, 0.3) is 0 Å². The van der Waals surface area contributed by atoms with E-state index in [0.29, 0.717) is 11.4 Å². The number of carbonyl (C=O) groups excluding carboxylic acids is 1. The minimum Gasteiger partial charge on any atom is -0.387 e. The Morgan fingerprint density at radius 1 is 1.42 bits per heavy atom. The summed E-state index contributed by atoms with van der Waals surface area (Å²) < 4.78 is 0. The van der Waals surface area contributed by atoms with E-state index in [-0.39, 0.29) is 11.9 Å². The first kappa shape index (κ1) is 13.0. The number of aryl methyl sites for hydroxylation is 1. The molecule has 2 rings (SSSR count). The lowest BCUT2D eigenvalue weighted by Gasteiger charge is -2.13. The number of amides is 1. The van der Waals surface area contributed by atoms with E-state index in [2.05, 4.69) is 31.3 Å². The molecule has 0 bridgehead atoms. The molecule has 0 saturated heterocycles. The molecule has 7 nitrogen and oxygen atoms in total. The molecule has 1 amide bonds. The second-order valence-corrected chi connectivity index (χ2v) is 4.26. The van der Waals surface area contributed by atoms with E-state index >= 15 is 0 Å². The Hall–Kier alpha value is -2.44. The number of aromatic amines is 1. The van der Waals surface area contributed by atoms with E-state index in [1.165, 1.54) is 0 Å². The predicted octanol–water partition coefficient (Wildman–Crippen LogP) is 1.04. The molecule has 1 aromatic heterocycles.